The molecule has 1 saturated heterocycles. The molecule has 25 heavy (non-hydrogen) atoms. The number of likely N-dealkylation sites (N-methyl/N-ethyl adjacent to an activating group) is 1. The monoisotopic (exact) mass is 343 g/mol. The Balaban J connectivity index is 1.59. The van der Waals surface area contributed by atoms with Crippen molar-refractivity contribution in [3.63, 3.8) is 0 Å². The summed E-state index contributed by atoms with van der Waals surface area (Å²) in [7, 11) is 2.07. The van der Waals surface area contributed by atoms with Gasteiger partial charge in [-0.15, -0.1) is 0 Å². The Morgan fingerprint density at radius 3 is 2.92 bits per heavy atom. The van der Waals surface area contributed by atoms with Crippen LogP contribution in [0.25, 0.3) is 0 Å². The fourth-order valence-electron chi connectivity index (χ4n) is 2.98. The molecule has 1 unspecified atom stereocenters. The normalized spacial score (nSPS) is 18.2. The molecule has 1 aromatic carbocycles. The Hall–Kier alpha value is -2.25. The summed E-state index contributed by atoms with van der Waals surface area (Å²) in [5.41, 5.74) is 1.11. The molecule has 7 nitrogen and oxygen atoms in total. The number of aromatic nitrogens is 2. The van der Waals surface area contributed by atoms with Gasteiger partial charge in [0.25, 0.3) is 0 Å². The van der Waals surface area contributed by atoms with Crippen LogP contribution in [-0.2, 0) is 17.8 Å². The number of carbonyl (C=O) groups excluding carboxylic acids is 1. The second-order valence-electron chi connectivity index (χ2n) is 6.42. The molecule has 1 aromatic heterocycles. The molecular weight excluding hydrogens is 318 g/mol. The number of benzene rings is 1. The van der Waals surface area contributed by atoms with E-state index >= 15 is 0 Å². The van der Waals surface area contributed by atoms with E-state index in [0.29, 0.717) is 31.2 Å². The van der Waals surface area contributed by atoms with Crippen LogP contribution < -0.4 is 5.32 Å². The lowest BCUT2D eigenvalue weighted by molar-refractivity contribution is -0.129. The van der Waals surface area contributed by atoms with Crippen LogP contribution in [0.15, 0.2) is 34.9 Å². The van der Waals surface area contributed by atoms with Crippen LogP contribution in [0.5, 0.6) is 0 Å². The van der Waals surface area contributed by atoms with Crippen LogP contribution in [-0.4, -0.2) is 59.1 Å². The molecule has 134 valence electrons. The molecule has 0 radical (unpaired) electrons. The second-order valence-corrected chi connectivity index (χ2v) is 6.42. The Morgan fingerprint density at radius 2 is 2.20 bits per heavy atom. The first-order chi connectivity index (χ1) is 12.1. The fraction of sp³-hybridized carbons (Fsp3) is 0.500. The van der Waals surface area contributed by atoms with Crippen molar-refractivity contribution >= 4 is 5.91 Å². The van der Waals surface area contributed by atoms with E-state index in [9.17, 15) is 4.79 Å². The number of carbonyl (C=O) groups is 1. The SMILES string of the molecule is CC(=O)N(CCc1nc(C2CNCCN2C)no1)Cc1ccccc1. The van der Waals surface area contributed by atoms with Crippen LogP contribution in [0.3, 0.4) is 0 Å². The molecule has 1 fully saturated rings. The number of hydrogen-bond donors (Lipinski definition) is 1. The maximum Gasteiger partial charge on any atom is 0.228 e. The molecular formula is C18H25N5O2. The predicted molar refractivity (Wildman–Crippen MR) is 93.8 cm³/mol. The fourth-order valence-corrected chi connectivity index (χ4v) is 2.98. The zero-order valence-electron chi connectivity index (χ0n) is 14.8. The maximum atomic E-state index is 11.9. The summed E-state index contributed by atoms with van der Waals surface area (Å²) < 4.78 is 5.39. The Bertz CT molecular complexity index is 688. The summed E-state index contributed by atoms with van der Waals surface area (Å²) >= 11 is 0. The molecule has 1 amide bonds. The molecule has 7 heteroatoms. The molecule has 0 bridgehead atoms. The van der Waals surface area contributed by atoms with E-state index in [0.717, 1.165) is 25.2 Å². The zero-order chi connectivity index (χ0) is 17.6. The molecule has 1 aliphatic heterocycles. The third-order valence-electron chi connectivity index (χ3n) is 4.55. The van der Waals surface area contributed by atoms with Gasteiger partial charge in [0.2, 0.25) is 11.8 Å². The Kier molecular flexibility index (Phi) is 5.78. The molecule has 2 heterocycles. The van der Waals surface area contributed by atoms with E-state index in [-0.39, 0.29) is 11.9 Å². The number of amides is 1. The predicted octanol–water partition coefficient (Wildman–Crippen LogP) is 1.24. The molecule has 2 aromatic rings. The minimum Gasteiger partial charge on any atom is -0.339 e. The van der Waals surface area contributed by atoms with Crippen molar-refractivity contribution in [2.75, 3.05) is 33.2 Å². The minimum atomic E-state index is 0.0415. The first-order valence-electron chi connectivity index (χ1n) is 8.66. The van der Waals surface area contributed by atoms with Crippen molar-refractivity contribution in [2.24, 2.45) is 0 Å². The van der Waals surface area contributed by atoms with Gasteiger partial charge in [0.15, 0.2) is 5.82 Å². The van der Waals surface area contributed by atoms with Crippen LogP contribution in [0.1, 0.15) is 30.2 Å². The first kappa shape index (κ1) is 17.6. The quantitative estimate of drug-likeness (QED) is 0.851. The van der Waals surface area contributed by atoms with Crippen LogP contribution in [0, 0.1) is 0 Å². The summed E-state index contributed by atoms with van der Waals surface area (Å²) in [5.74, 6) is 1.33. The van der Waals surface area contributed by atoms with Gasteiger partial charge in [0.05, 0.1) is 6.04 Å². The highest BCUT2D eigenvalue weighted by Gasteiger charge is 2.25. The molecule has 0 spiro atoms. The topological polar surface area (TPSA) is 74.5 Å². The molecule has 1 N–H and O–H groups in total. The molecule has 0 saturated carbocycles. The summed E-state index contributed by atoms with van der Waals surface area (Å²) in [6.45, 7) is 5.50. The van der Waals surface area contributed by atoms with Gasteiger partial charge in [0.1, 0.15) is 0 Å². The molecule has 1 atom stereocenters. The van der Waals surface area contributed by atoms with Gasteiger partial charge >= 0.3 is 0 Å². The third-order valence-corrected chi connectivity index (χ3v) is 4.55. The van der Waals surface area contributed by atoms with Crippen molar-refractivity contribution in [1.82, 2.24) is 25.3 Å². The second kappa shape index (κ2) is 8.22. The van der Waals surface area contributed by atoms with E-state index in [4.69, 9.17) is 4.52 Å². The van der Waals surface area contributed by atoms with Gasteiger partial charge in [-0.25, -0.2) is 0 Å². The van der Waals surface area contributed by atoms with Gasteiger partial charge in [-0.2, -0.15) is 4.98 Å². The van der Waals surface area contributed by atoms with E-state index in [1.54, 1.807) is 11.8 Å². The maximum absolute atomic E-state index is 11.9. The Morgan fingerprint density at radius 1 is 1.40 bits per heavy atom. The van der Waals surface area contributed by atoms with Crippen LogP contribution >= 0.6 is 0 Å². The smallest absolute Gasteiger partial charge is 0.228 e. The average molecular weight is 343 g/mol. The van der Waals surface area contributed by atoms with Gasteiger partial charge < -0.3 is 14.7 Å². The first-order valence-corrected chi connectivity index (χ1v) is 8.66. The lowest BCUT2D eigenvalue weighted by Crippen LogP contribution is -2.44. The van der Waals surface area contributed by atoms with E-state index in [1.165, 1.54) is 0 Å². The number of hydrogen-bond acceptors (Lipinski definition) is 6. The van der Waals surface area contributed by atoms with Crippen molar-refractivity contribution in [3.05, 3.63) is 47.6 Å². The summed E-state index contributed by atoms with van der Waals surface area (Å²) in [6, 6.07) is 10.1. The largest absolute Gasteiger partial charge is 0.339 e. The molecule has 0 aliphatic carbocycles. The summed E-state index contributed by atoms with van der Waals surface area (Å²) in [4.78, 5) is 20.5. The average Bonchev–Trinajstić information content (AvgIpc) is 3.08. The van der Waals surface area contributed by atoms with Crippen LogP contribution in [0.2, 0.25) is 0 Å². The van der Waals surface area contributed by atoms with Crippen molar-refractivity contribution < 1.29 is 9.32 Å². The van der Waals surface area contributed by atoms with Crippen molar-refractivity contribution in [3.8, 4) is 0 Å². The van der Waals surface area contributed by atoms with Crippen LogP contribution in [0.4, 0.5) is 0 Å². The highest BCUT2D eigenvalue weighted by atomic mass is 16.5. The van der Waals surface area contributed by atoms with E-state index in [1.807, 2.05) is 30.3 Å². The molecule has 3 rings (SSSR count). The number of piperazine rings is 1. The van der Waals surface area contributed by atoms with E-state index < -0.39 is 0 Å². The lowest BCUT2D eigenvalue weighted by atomic mass is 10.2. The number of nitrogens with one attached hydrogen (secondary N) is 1. The van der Waals surface area contributed by atoms with E-state index in [2.05, 4.69) is 27.4 Å². The zero-order valence-corrected chi connectivity index (χ0v) is 14.8. The highest BCUT2D eigenvalue weighted by Crippen LogP contribution is 2.17. The number of rotatable bonds is 6. The Labute approximate surface area is 148 Å². The molecule has 1 aliphatic rings. The van der Waals surface area contributed by atoms with Gasteiger partial charge in [0, 0.05) is 46.1 Å². The van der Waals surface area contributed by atoms with Crippen molar-refractivity contribution in [2.45, 2.75) is 25.9 Å². The summed E-state index contributed by atoms with van der Waals surface area (Å²) in [6.07, 6.45) is 0.559. The van der Waals surface area contributed by atoms with Gasteiger partial charge in [-0.3, -0.25) is 9.69 Å². The third kappa shape index (κ3) is 4.64. The van der Waals surface area contributed by atoms with Crippen molar-refractivity contribution in [1.29, 1.82) is 0 Å². The van der Waals surface area contributed by atoms with Gasteiger partial charge in [-0.1, -0.05) is 35.5 Å². The lowest BCUT2D eigenvalue weighted by Gasteiger charge is -2.30. The standard InChI is InChI=1S/C18H25N5O2/c1-14(24)23(13-15-6-4-3-5-7-15)10-8-17-20-18(21-25-17)16-12-19-9-11-22(16)2/h3-7,16,19H,8-13H2,1-2H3. The summed E-state index contributed by atoms with van der Waals surface area (Å²) in [5, 5.41) is 7.48. The highest BCUT2D eigenvalue weighted by molar-refractivity contribution is 5.73. The minimum absolute atomic E-state index is 0.0415. The number of nitrogens with zero attached hydrogens (tertiary/aromatic N) is 4. The van der Waals surface area contributed by atoms with Gasteiger partial charge in [-0.05, 0) is 12.6 Å².